The van der Waals surface area contributed by atoms with E-state index in [2.05, 4.69) is 4.98 Å². The zero-order valence-electron chi connectivity index (χ0n) is 12.9. The Morgan fingerprint density at radius 2 is 2.14 bits per heavy atom. The molecule has 2 bridgehead atoms. The lowest BCUT2D eigenvalue weighted by Crippen LogP contribution is -2.41. The van der Waals surface area contributed by atoms with Crippen molar-refractivity contribution in [3.05, 3.63) is 29.0 Å². The molecule has 3 unspecified atom stereocenters. The van der Waals surface area contributed by atoms with Crippen molar-refractivity contribution in [1.82, 2.24) is 9.88 Å². The van der Waals surface area contributed by atoms with Gasteiger partial charge in [-0.05, 0) is 38.8 Å². The summed E-state index contributed by atoms with van der Waals surface area (Å²) in [5.41, 5.74) is 0.373. The Balaban J connectivity index is 1.85. The Labute approximate surface area is 134 Å². The van der Waals surface area contributed by atoms with E-state index in [1.807, 2.05) is 26.8 Å². The number of halogens is 1. The van der Waals surface area contributed by atoms with Crippen molar-refractivity contribution >= 4 is 23.5 Å². The minimum Gasteiger partial charge on any atom is -0.444 e. The quantitative estimate of drug-likeness (QED) is 0.745. The summed E-state index contributed by atoms with van der Waals surface area (Å²) in [4.78, 5) is 30.4. The first-order chi connectivity index (χ1) is 10.3. The van der Waals surface area contributed by atoms with Crippen molar-refractivity contribution in [2.75, 3.05) is 0 Å². The molecule has 0 aliphatic carbocycles. The van der Waals surface area contributed by atoms with Crippen molar-refractivity contribution in [3.8, 4) is 0 Å². The molecule has 5 nitrogen and oxygen atoms in total. The third-order valence-electron chi connectivity index (χ3n) is 4.15. The van der Waals surface area contributed by atoms with Gasteiger partial charge < -0.3 is 4.74 Å². The van der Waals surface area contributed by atoms with Gasteiger partial charge in [0.15, 0.2) is 5.78 Å². The molecule has 1 aromatic heterocycles. The van der Waals surface area contributed by atoms with Gasteiger partial charge in [0, 0.05) is 24.6 Å². The number of hydrogen-bond donors (Lipinski definition) is 0. The summed E-state index contributed by atoms with van der Waals surface area (Å²) in [6, 6.07) is 3.07. The molecule has 0 saturated carbocycles. The molecule has 0 N–H and O–H groups in total. The van der Waals surface area contributed by atoms with Crippen molar-refractivity contribution in [2.45, 2.75) is 57.2 Å². The molecular weight excluding hydrogens is 304 g/mol. The maximum atomic E-state index is 12.4. The first-order valence-corrected chi connectivity index (χ1v) is 7.79. The van der Waals surface area contributed by atoms with Crippen LogP contribution in [0.5, 0.6) is 0 Å². The Hall–Kier alpha value is -1.62. The van der Waals surface area contributed by atoms with Gasteiger partial charge in [0.2, 0.25) is 0 Å². The standard InChI is InChI=1S/C16H19ClN2O3/c1-16(2,3)22-15(21)19-10-6-11(14(19)12(20)7-10)9-4-5-13(17)18-8-9/h4-5,8,10-11,14H,6-7H2,1-3H3. The van der Waals surface area contributed by atoms with Crippen molar-refractivity contribution < 1.29 is 14.3 Å². The molecule has 0 aromatic carbocycles. The number of pyridine rings is 1. The van der Waals surface area contributed by atoms with E-state index in [0.29, 0.717) is 11.6 Å². The monoisotopic (exact) mass is 322 g/mol. The van der Waals surface area contributed by atoms with Crippen LogP contribution in [0.4, 0.5) is 4.79 Å². The molecule has 1 amide bonds. The van der Waals surface area contributed by atoms with Gasteiger partial charge in [-0.15, -0.1) is 0 Å². The Kier molecular flexibility index (Phi) is 3.63. The zero-order chi connectivity index (χ0) is 16.1. The van der Waals surface area contributed by atoms with Crippen LogP contribution < -0.4 is 0 Å². The molecule has 3 heterocycles. The minimum atomic E-state index is -0.570. The van der Waals surface area contributed by atoms with Gasteiger partial charge >= 0.3 is 6.09 Å². The van der Waals surface area contributed by atoms with Crippen molar-refractivity contribution in [1.29, 1.82) is 0 Å². The predicted octanol–water partition coefficient (Wildman–Crippen LogP) is 3.17. The fourth-order valence-corrected chi connectivity index (χ4v) is 3.48. The van der Waals surface area contributed by atoms with E-state index in [-0.39, 0.29) is 17.7 Å². The lowest BCUT2D eigenvalue weighted by atomic mass is 9.84. The molecule has 2 fully saturated rings. The second-order valence-electron chi connectivity index (χ2n) is 6.91. The van der Waals surface area contributed by atoms with Crippen molar-refractivity contribution in [3.63, 3.8) is 0 Å². The Morgan fingerprint density at radius 3 is 2.73 bits per heavy atom. The summed E-state index contributed by atoms with van der Waals surface area (Å²) >= 11 is 5.82. The van der Waals surface area contributed by atoms with Crippen LogP contribution in [0.2, 0.25) is 5.15 Å². The molecule has 22 heavy (non-hydrogen) atoms. The summed E-state index contributed by atoms with van der Waals surface area (Å²) in [6.07, 6.45) is 2.46. The second kappa shape index (κ2) is 5.23. The molecule has 0 radical (unpaired) electrons. The summed E-state index contributed by atoms with van der Waals surface area (Å²) in [6.45, 7) is 5.47. The van der Waals surface area contributed by atoms with Gasteiger partial charge in [-0.25, -0.2) is 9.78 Å². The zero-order valence-corrected chi connectivity index (χ0v) is 13.6. The second-order valence-corrected chi connectivity index (χ2v) is 7.30. The average molecular weight is 323 g/mol. The Morgan fingerprint density at radius 1 is 1.41 bits per heavy atom. The van der Waals surface area contributed by atoms with E-state index in [4.69, 9.17) is 16.3 Å². The van der Waals surface area contributed by atoms with E-state index in [0.717, 1.165) is 12.0 Å². The van der Waals surface area contributed by atoms with Gasteiger partial charge in [0.1, 0.15) is 16.8 Å². The maximum absolute atomic E-state index is 12.4. The minimum absolute atomic E-state index is 0.0245. The maximum Gasteiger partial charge on any atom is 0.411 e. The first kappa shape index (κ1) is 15.3. The molecule has 0 spiro atoms. The van der Waals surface area contributed by atoms with Gasteiger partial charge in [-0.2, -0.15) is 0 Å². The number of ether oxygens (including phenoxy) is 1. The number of hydrogen-bond acceptors (Lipinski definition) is 4. The number of Topliss-reactive ketones (excluding diaryl/α,β-unsaturated/α-hetero) is 1. The molecule has 2 aliphatic heterocycles. The molecular formula is C16H19ClN2O3. The van der Waals surface area contributed by atoms with E-state index in [1.165, 1.54) is 0 Å². The number of nitrogens with zero attached hydrogens (tertiary/aromatic N) is 2. The van der Waals surface area contributed by atoms with Crippen LogP contribution in [0.1, 0.15) is 45.1 Å². The Bertz CT molecular complexity index is 609. The number of rotatable bonds is 1. The fraction of sp³-hybridized carbons (Fsp3) is 0.562. The van der Waals surface area contributed by atoms with Crippen LogP contribution in [-0.4, -0.2) is 39.4 Å². The third-order valence-corrected chi connectivity index (χ3v) is 4.37. The molecule has 1 aromatic rings. The van der Waals surface area contributed by atoms with Crippen molar-refractivity contribution in [2.24, 2.45) is 0 Å². The predicted molar refractivity (Wildman–Crippen MR) is 81.9 cm³/mol. The summed E-state index contributed by atoms with van der Waals surface area (Å²) in [7, 11) is 0. The van der Waals surface area contributed by atoms with E-state index in [9.17, 15) is 9.59 Å². The molecule has 2 aliphatic rings. The van der Waals surface area contributed by atoms with Gasteiger partial charge in [0.05, 0.1) is 0 Å². The highest BCUT2D eigenvalue weighted by molar-refractivity contribution is 6.29. The largest absolute Gasteiger partial charge is 0.444 e. The number of aromatic nitrogens is 1. The highest BCUT2D eigenvalue weighted by Gasteiger charge is 2.55. The lowest BCUT2D eigenvalue weighted by molar-refractivity contribution is -0.120. The number of carbonyl (C=O) groups excluding carboxylic acids is 2. The lowest BCUT2D eigenvalue weighted by Gasteiger charge is -2.27. The van der Waals surface area contributed by atoms with E-state index >= 15 is 0 Å². The van der Waals surface area contributed by atoms with Crippen LogP contribution in [0, 0.1) is 0 Å². The molecule has 3 rings (SSSR count). The summed E-state index contributed by atoms with van der Waals surface area (Å²) in [5.74, 6) is 0.0746. The molecule has 118 valence electrons. The van der Waals surface area contributed by atoms with Crippen LogP contribution in [0.25, 0.3) is 0 Å². The summed E-state index contributed by atoms with van der Waals surface area (Å²) in [5, 5.41) is 0.419. The normalized spacial score (nSPS) is 27.4. The molecule has 3 atom stereocenters. The van der Waals surface area contributed by atoms with Gasteiger partial charge in [-0.3, -0.25) is 9.69 Å². The van der Waals surface area contributed by atoms with Gasteiger partial charge in [-0.1, -0.05) is 17.7 Å². The van der Waals surface area contributed by atoms with Crippen LogP contribution in [0.15, 0.2) is 18.3 Å². The van der Waals surface area contributed by atoms with Crippen LogP contribution in [0.3, 0.4) is 0 Å². The average Bonchev–Trinajstić information content (AvgIpc) is 2.91. The summed E-state index contributed by atoms with van der Waals surface area (Å²) < 4.78 is 5.45. The third kappa shape index (κ3) is 2.70. The van der Waals surface area contributed by atoms with E-state index < -0.39 is 17.7 Å². The number of amides is 1. The number of ketones is 1. The molecule has 2 saturated heterocycles. The first-order valence-electron chi connectivity index (χ1n) is 7.42. The number of fused-ring (bicyclic) bond motifs is 2. The number of carbonyl (C=O) groups is 2. The fourth-order valence-electron chi connectivity index (χ4n) is 3.37. The van der Waals surface area contributed by atoms with Gasteiger partial charge in [0.25, 0.3) is 0 Å². The smallest absolute Gasteiger partial charge is 0.411 e. The topological polar surface area (TPSA) is 59.5 Å². The van der Waals surface area contributed by atoms with Crippen LogP contribution in [-0.2, 0) is 9.53 Å². The van der Waals surface area contributed by atoms with E-state index in [1.54, 1.807) is 17.2 Å². The highest BCUT2D eigenvalue weighted by atomic mass is 35.5. The molecule has 6 heteroatoms. The van der Waals surface area contributed by atoms with Crippen LogP contribution >= 0.6 is 11.6 Å². The highest BCUT2D eigenvalue weighted by Crippen LogP contribution is 2.45. The SMILES string of the molecule is CC(C)(C)OC(=O)N1C2CC(=O)C1C(c1ccc(Cl)nc1)C2.